The van der Waals surface area contributed by atoms with Gasteiger partial charge in [-0.05, 0) is 69.4 Å². The van der Waals surface area contributed by atoms with E-state index in [1.165, 1.54) is 16.8 Å². The van der Waals surface area contributed by atoms with Crippen molar-refractivity contribution in [2.24, 2.45) is 0 Å². The Morgan fingerprint density at radius 1 is 0.952 bits per heavy atom. The summed E-state index contributed by atoms with van der Waals surface area (Å²) in [6.45, 7) is 2.72. The molecule has 0 spiro atoms. The van der Waals surface area contributed by atoms with Crippen LogP contribution in [0, 0.1) is 0 Å². The molecule has 0 radical (unpaired) electrons. The first kappa shape index (κ1) is 31.5. The standard InChI is InChI=1S/C28H40N4O7S3/c33-28(29-39-26-12-5-8-20-38-26)24-22-31(41(34,35)21-9-17-30-15-6-2-7-16-30)18-19-32(24)42(36,37)27-14-13-25(40-27)23-10-3-1-4-11-23/h1,3-4,10-11,13-14,24,26H,2,5-9,12,15-22H2,(H,29,33)/t24-,26?/m1/s1. The van der Waals surface area contributed by atoms with Gasteiger partial charge in [0.15, 0.2) is 6.29 Å². The molecular weight excluding hydrogens is 601 g/mol. The van der Waals surface area contributed by atoms with Crippen molar-refractivity contribution >= 4 is 37.3 Å². The Kier molecular flexibility index (Phi) is 10.7. The number of thiophene rings is 1. The first-order chi connectivity index (χ1) is 20.2. The number of benzene rings is 1. The molecule has 5 rings (SSSR count). The number of rotatable bonds is 11. The van der Waals surface area contributed by atoms with Crippen LogP contribution in [0.1, 0.15) is 44.9 Å². The molecule has 1 aromatic heterocycles. The molecule has 2 aromatic rings. The SMILES string of the molecule is O=C(NOC1CCCCO1)[C@H]1CN(S(=O)(=O)CCCN2CCCCC2)CCN1S(=O)(=O)c1ccc(-c2ccccc2)s1. The minimum absolute atomic E-state index is 0.0292. The number of carbonyl (C=O) groups is 1. The summed E-state index contributed by atoms with van der Waals surface area (Å²) in [6.07, 6.45) is 5.71. The van der Waals surface area contributed by atoms with Gasteiger partial charge in [0, 0.05) is 37.5 Å². The predicted molar refractivity (Wildman–Crippen MR) is 161 cm³/mol. The molecule has 4 heterocycles. The van der Waals surface area contributed by atoms with Crippen LogP contribution >= 0.6 is 11.3 Å². The smallest absolute Gasteiger partial charge is 0.263 e. The van der Waals surface area contributed by atoms with Gasteiger partial charge in [-0.2, -0.15) is 8.61 Å². The molecule has 1 N–H and O–H groups in total. The minimum Gasteiger partial charge on any atom is -0.350 e. The molecule has 14 heteroatoms. The largest absolute Gasteiger partial charge is 0.350 e. The van der Waals surface area contributed by atoms with E-state index < -0.39 is 38.3 Å². The number of hydrogen-bond donors (Lipinski definition) is 1. The van der Waals surface area contributed by atoms with E-state index in [4.69, 9.17) is 9.57 Å². The third-order valence-electron chi connectivity index (χ3n) is 7.95. The maximum atomic E-state index is 13.9. The van der Waals surface area contributed by atoms with Crippen molar-refractivity contribution in [3.8, 4) is 10.4 Å². The lowest BCUT2D eigenvalue weighted by molar-refractivity contribution is -0.202. The van der Waals surface area contributed by atoms with Crippen molar-refractivity contribution in [3.63, 3.8) is 0 Å². The van der Waals surface area contributed by atoms with E-state index in [9.17, 15) is 21.6 Å². The predicted octanol–water partition coefficient (Wildman–Crippen LogP) is 2.87. The molecule has 0 saturated carbocycles. The molecule has 0 aliphatic carbocycles. The van der Waals surface area contributed by atoms with E-state index in [0.717, 1.165) is 64.9 Å². The molecule has 3 aliphatic rings. The Hall–Kier alpha value is -1.91. The fourth-order valence-corrected chi connectivity index (χ4v) is 10.1. The highest BCUT2D eigenvalue weighted by Gasteiger charge is 2.44. The molecule has 1 amide bonds. The number of likely N-dealkylation sites (tertiary alicyclic amines) is 1. The second-order valence-corrected chi connectivity index (χ2v) is 16.2. The monoisotopic (exact) mass is 640 g/mol. The van der Waals surface area contributed by atoms with Gasteiger partial charge in [-0.3, -0.25) is 4.79 Å². The van der Waals surface area contributed by atoms with E-state index in [0.29, 0.717) is 26.0 Å². The van der Waals surface area contributed by atoms with Gasteiger partial charge in [0.2, 0.25) is 10.0 Å². The Balaban J connectivity index is 1.31. The average Bonchev–Trinajstić information content (AvgIpc) is 3.53. The maximum Gasteiger partial charge on any atom is 0.263 e. The molecule has 3 saturated heterocycles. The fourth-order valence-electron chi connectivity index (χ4n) is 5.61. The molecule has 0 bridgehead atoms. The number of hydroxylamine groups is 1. The highest BCUT2D eigenvalue weighted by Crippen LogP contribution is 2.34. The molecule has 2 atom stereocenters. The van der Waals surface area contributed by atoms with Gasteiger partial charge in [-0.25, -0.2) is 27.2 Å². The topological polar surface area (TPSA) is 126 Å². The van der Waals surface area contributed by atoms with E-state index in [1.807, 2.05) is 30.3 Å². The molecular formula is C28H40N4O7S3. The zero-order chi connectivity index (χ0) is 29.6. The molecule has 1 aromatic carbocycles. The Bertz CT molecular complexity index is 1390. The lowest BCUT2D eigenvalue weighted by atomic mass is 10.1. The van der Waals surface area contributed by atoms with E-state index in [2.05, 4.69) is 10.4 Å². The number of piperidine rings is 1. The maximum absolute atomic E-state index is 13.9. The third kappa shape index (κ3) is 7.78. The van der Waals surface area contributed by atoms with Crippen molar-refractivity contribution in [2.75, 3.05) is 51.6 Å². The first-order valence-electron chi connectivity index (χ1n) is 14.7. The molecule has 1 unspecified atom stereocenters. The van der Waals surface area contributed by atoms with Crippen molar-refractivity contribution in [1.29, 1.82) is 0 Å². The second kappa shape index (κ2) is 14.2. The lowest BCUT2D eigenvalue weighted by Crippen LogP contribution is -2.61. The molecule has 11 nitrogen and oxygen atoms in total. The van der Waals surface area contributed by atoms with Crippen LogP contribution in [0.3, 0.4) is 0 Å². The summed E-state index contributed by atoms with van der Waals surface area (Å²) in [5, 5.41) is 0. The number of hydrogen-bond acceptors (Lipinski definition) is 9. The van der Waals surface area contributed by atoms with Crippen LogP contribution in [0.15, 0.2) is 46.7 Å². The summed E-state index contributed by atoms with van der Waals surface area (Å²) in [4.78, 5) is 22.0. The number of nitrogens with zero attached hydrogens (tertiary/aromatic N) is 3. The summed E-state index contributed by atoms with van der Waals surface area (Å²) in [5.74, 6) is -0.775. The van der Waals surface area contributed by atoms with Gasteiger partial charge in [0.05, 0.1) is 5.75 Å². The van der Waals surface area contributed by atoms with Crippen molar-refractivity contribution < 1.29 is 31.2 Å². The highest BCUT2D eigenvalue weighted by molar-refractivity contribution is 7.91. The number of nitrogens with one attached hydrogen (secondary N) is 1. The second-order valence-electron chi connectivity index (χ2n) is 10.9. The summed E-state index contributed by atoms with van der Waals surface area (Å²) < 4.78 is 62.4. The Morgan fingerprint density at radius 3 is 2.48 bits per heavy atom. The number of amides is 1. The summed E-state index contributed by atoms with van der Waals surface area (Å²) in [6, 6.07) is 11.4. The van der Waals surface area contributed by atoms with Gasteiger partial charge in [0.1, 0.15) is 10.3 Å². The van der Waals surface area contributed by atoms with Gasteiger partial charge in [-0.15, -0.1) is 11.3 Å². The van der Waals surface area contributed by atoms with Crippen LogP contribution in [-0.4, -0.2) is 100 Å². The molecule has 3 fully saturated rings. The summed E-state index contributed by atoms with van der Waals surface area (Å²) >= 11 is 1.12. The average molecular weight is 641 g/mol. The minimum atomic E-state index is -4.11. The van der Waals surface area contributed by atoms with Crippen LogP contribution in [0.4, 0.5) is 0 Å². The number of piperazine rings is 1. The van der Waals surface area contributed by atoms with Crippen LogP contribution < -0.4 is 5.48 Å². The normalized spacial score (nSPS) is 23.5. The van der Waals surface area contributed by atoms with Crippen molar-refractivity contribution in [3.05, 3.63) is 42.5 Å². The van der Waals surface area contributed by atoms with Crippen LogP contribution in [0.5, 0.6) is 0 Å². The lowest BCUT2D eigenvalue weighted by Gasteiger charge is -2.38. The van der Waals surface area contributed by atoms with E-state index >= 15 is 0 Å². The Labute approximate surface area is 252 Å². The van der Waals surface area contributed by atoms with Crippen LogP contribution in [0.2, 0.25) is 0 Å². The third-order valence-corrected chi connectivity index (χ3v) is 13.4. The summed E-state index contributed by atoms with van der Waals surface area (Å²) in [5.41, 5.74) is 3.26. The zero-order valence-corrected chi connectivity index (χ0v) is 26.2. The van der Waals surface area contributed by atoms with Crippen molar-refractivity contribution in [1.82, 2.24) is 19.0 Å². The van der Waals surface area contributed by atoms with E-state index in [-0.39, 0.29) is 29.6 Å². The van der Waals surface area contributed by atoms with Gasteiger partial charge >= 0.3 is 0 Å². The first-order valence-corrected chi connectivity index (χ1v) is 18.5. The van der Waals surface area contributed by atoms with Crippen LogP contribution in [0.25, 0.3) is 10.4 Å². The molecule has 232 valence electrons. The number of ether oxygens (including phenoxy) is 1. The fraction of sp³-hybridized carbons (Fsp3) is 0.607. The summed E-state index contributed by atoms with van der Waals surface area (Å²) in [7, 11) is -7.82. The van der Waals surface area contributed by atoms with Crippen LogP contribution in [-0.2, 0) is 34.4 Å². The highest BCUT2D eigenvalue weighted by atomic mass is 32.2. The number of carbonyl (C=O) groups excluding carboxylic acids is 1. The van der Waals surface area contributed by atoms with Gasteiger partial charge in [-0.1, -0.05) is 36.8 Å². The van der Waals surface area contributed by atoms with Gasteiger partial charge < -0.3 is 9.64 Å². The Morgan fingerprint density at radius 2 is 1.74 bits per heavy atom. The molecule has 3 aliphatic heterocycles. The van der Waals surface area contributed by atoms with Crippen molar-refractivity contribution in [2.45, 2.75) is 61.5 Å². The molecule has 42 heavy (non-hydrogen) atoms. The zero-order valence-electron chi connectivity index (χ0n) is 23.7. The van der Waals surface area contributed by atoms with Gasteiger partial charge in [0.25, 0.3) is 15.9 Å². The quantitative estimate of drug-likeness (QED) is 0.372. The number of sulfonamides is 2. The van der Waals surface area contributed by atoms with E-state index in [1.54, 1.807) is 6.07 Å².